The molecule has 0 radical (unpaired) electrons. The van der Waals surface area contributed by atoms with Crippen LogP contribution in [0, 0.1) is 0 Å². The van der Waals surface area contributed by atoms with E-state index in [0.717, 1.165) is 0 Å². The standard InChI is InChI=1S/C6H6ClNO3S/c7-8-5-1-3-6(4-2-5)11-12(9)10/h1-4,8H,(H,9,10). The minimum atomic E-state index is -2.28. The number of rotatable bonds is 3. The van der Waals surface area contributed by atoms with Gasteiger partial charge < -0.3 is 4.18 Å². The van der Waals surface area contributed by atoms with Gasteiger partial charge >= 0.3 is 11.4 Å². The maximum Gasteiger partial charge on any atom is 0.357 e. The van der Waals surface area contributed by atoms with Crippen molar-refractivity contribution in [2.75, 3.05) is 4.84 Å². The van der Waals surface area contributed by atoms with E-state index in [0.29, 0.717) is 11.4 Å². The highest BCUT2D eigenvalue weighted by Crippen LogP contribution is 2.16. The first-order valence-electron chi connectivity index (χ1n) is 2.98. The number of hydrogen-bond donors (Lipinski definition) is 2. The van der Waals surface area contributed by atoms with Gasteiger partial charge in [-0.15, -0.1) is 0 Å². The Morgan fingerprint density at radius 2 is 2.00 bits per heavy atom. The third-order valence-corrected chi connectivity index (χ3v) is 1.68. The minimum Gasteiger partial charge on any atom is -0.380 e. The van der Waals surface area contributed by atoms with Crippen molar-refractivity contribution >= 4 is 28.8 Å². The molecule has 1 rings (SSSR count). The lowest BCUT2D eigenvalue weighted by Crippen LogP contribution is -1.96. The molecule has 6 heteroatoms. The van der Waals surface area contributed by atoms with Crippen LogP contribution in [-0.2, 0) is 11.4 Å². The van der Waals surface area contributed by atoms with E-state index in [1.807, 2.05) is 0 Å². The largest absolute Gasteiger partial charge is 0.380 e. The van der Waals surface area contributed by atoms with Crippen LogP contribution in [0.2, 0.25) is 0 Å². The fraction of sp³-hybridized carbons (Fsp3) is 0. The lowest BCUT2D eigenvalue weighted by molar-refractivity contribution is 0.458. The molecule has 0 aromatic heterocycles. The summed E-state index contributed by atoms with van der Waals surface area (Å²) in [6, 6.07) is 6.29. The van der Waals surface area contributed by atoms with Gasteiger partial charge in [-0.1, -0.05) is 0 Å². The Hall–Kier alpha value is -0.780. The summed E-state index contributed by atoms with van der Waals surface area (Å²) in [6.07, 6.45) is 0. The van der Waals surface area contributed by atoms with Crippen molar-refractivity contribution in [3.63, 3.8) is 0 Å². The quantitative estimate of drug-likeness (QED) is 0.586. The van der Waals surface area contributed by atoms with Crippen molar-refractivity contribution in [2.24, 2.45) is 0 Å². The predicted octanol–water partition coefficient (Wildman–Crippen LogP) is 1.77. The molecule has 0 aliphatic carbocycles. The zero-order valence-corrected chi connectivity index (χ0v) is 7.43. The monoisotopic (exact) mass is 207 g/mol. The first-order valence-corrected chi connectivity index (χ1v) is 4.39. The summed E-state index contributed by atoms with van der Waals surface area (Å²) < 4.78 is 23.0. The van der Waals surface area contributed by atoms with Crippen LogP contribution in [0.25, 0.3) is 0 Å². The average molecular weight is 208 g/mol. The predicted molar refractivity (Wildman–Crippen MR) is 47.3 cm³/mol. The highest BCUT2D eigenvalue weighted by molar-refractivity contribution is 7.74. The van der Waals surface area contributed by atoms with Crippen LogP contribution in [0.15, 0.2) is 24.3 Å². The molecule has 1 aromatic carbocycles. The van der Waals surface area contributed by atoms with Gasteiger partial charge in [0.05, 0.1) is 0 Å². The zero-order valence-electron chi connectivity index (χ0n) is 5.86. The van der Waals surface area contributed by atoms with Crippen molar-refractivity contribution in [3.05, 3.63) is 24.3 Å². The van der Waals surface area contributed by atoms with Crippen LogP contribution in [-0.4, -0.2) is 8.76 Å². The zero-order chi connectivity index (χ0) is 8.97. The Labute approximate surface area is 77.1 Å². The molecular formula is C6H6ClNO3S. The first-order chi connectivity index (χ1) is 5.72. The summed E-state index contributed by atoms with van der Waals surface area (Å²) in [5, 5.41) is 0. The van der Waals surface area contributed by atoms with Crippen molar-refractivity contribution < 1.29 is 12.9 Å². The molecule has 0 saturated carbocycles. The first kappa shape index (κ1) is 9.31. The van der Waals surface area contributed by atoms with Gasteiger partial charge in [0.2, 0.25) is 0 Å². The molecule has 2 N–H and O–H groups in total. The summed E-state index contributed by atoms with van der Waals surface area (Å²) in [4.78, 5) is 2.39. The van der Waals surface area contributed by atoms with Crippen LogP contribution in [0.5, 0.6) is 5.75 Å². The number of anilines is 1. The van der Waals surface area contributed by atoms with Gasteiger partial charge in [-0.25, -0.2) is 0 Å². The van der Waals surface area contributed by atoms with E-state index in [1.54, 1.807) is 12.1 Å². The average Bonchev–Trinajstić information content (AvgIpc) is 2.05. The lowest BCUT2D eigenvalue weighted by atomic mass is 10.3. The van der Waals surface area contributed by atoms with Crippen molar-refractivity contribution in [2.45, 2.75) is 0 Å². The molecule has 0 saturated heterocycles. The normalized spacial score (nSPS) is 12.2. The molecule has 0 aliphatic heterocycles. The second-order valence-corrected chi connectivity index (χ2v) is 2.71. The Kier molecular flexibility index (Phi) is 3.33. The van der Waals surface area contributed by atoms with Crippen LogP contribution in [0.1, 0.15) is 0 Å². The van der Waals surface area contributed by atoms with Gasteiger partial charge in [0.25, 0.3) is 0 Å². The number of hydrogen-bond acceptors (Lipinski definition) is 3. The highest BCUT2D eigenvalue weighted by Gasteiger charge is 1.97. The van der Waals surface area contributed by atoms with Gasteiger partial charge in [0, 0.05) is 17.5 Å². The second kappa shape index (κ2) is 4.30. The third kappa shape index (κ3) is 2.69. The maximum absolute atomic E-state index is 10.2. The number of nitrogens with one attached hydrogen (secondary N) is 1. The summed E-state index contributed by atoms with van der Waals surface area (Å²) in [5.74, 6) is 0.312. The van der Waals surface area contributed by atoms with E-state index in [-0.39, 0.29) is 0 Å². The summed E-state index contributed by atoms with van der Waals surface area (Å²) >= 11 is 3.01. The highest BCUT2D eigenvalue weighted by atomic mass is 35.5. The molecule has 66 valence electrons. The van der Waals surface area contributed by atoms with Gasteiger partial charge in [0.1, 0.15) is 5.75 Å². The van der Waals surface area contributed by atoms with Gasteiger partial charge in [-0.3, -0.25) is 9.39 Å². The topological polar surface area (TPSA) is 58.6 Å². The van der Waals surface area contributed by atoms with Crippen molar-refractivity contribution in [1.29, 1.82) is 0 Å². The Balaban J connectivity index is 2.71. The van der Waals surface area contributed by atoms with E-state index < -0.39 is 11.4 Å². The molecule has 0 aliphatic rings. The number of benzene rings is 1. The van der Waals surface area contributed by atoms with Crippen LogP contribution >= 0.6 is 11.8 Å². The molecular weight excluding hydrogens is 202 g/mol. The SMILES string of the molecule is O=S(O)Oc1ccc(NCl)cc1. The summed E-state index contributed by atoms with van der Waals surface area (Å²) in [5.41, 5.74) is 0.688. The van der Waals surface area contributed by atoms with Crippen molar-refractivity contribution in [1.82, 2.24) is 0 Å². The van der Waals surface area contributed by atoms with Crippen molar-refractivity contribution in [3.8, 4) is 5.75 Å². The Bertz CT molecular complexity index is 277. The van der Waals surface area contributed by atoms with E-state index in [2.05, 4.69) is 9.02 Å². The molecule has 0 fully saturated rings. The third-order valence-electron chi connectivity index (χ3n) is 1.13. The molecule has 12 heavy (non-hydrogen) atoms. The molecule has 1 atom stereocenters. The molecule has 0 heterocycles. The van der Waals surface area contributed by atoms with Crippen LogP contribution in [0.4, 0.5) is 5.69 Å². The molecule has 1 unspecified atom stereocenters. The molecule has 1 aromatic rings. The maximum atomic E-state index is 10.2. The Morgan fingerprint density at radius 1 is 1.42 bits per heavy atom. The minimum absolute atomic E-state index is 0.312. The van der Waals surface area contributed by atoms with Crippen LogP contribution < -0.4 is 9.02 Å². The van der Waals surface area contributed by atoms with Gasteiger partial charge in [0.15, 0.2) is 0 Å². The van der Waals surface area contributed by atoms with E-state index in [1.165, 1.54) is 12.1 Å². The van der Waals surface area contributed by atoms with E-state index in [9.17, 15) is 4.21 Å². The number of halogens is 1. The van der Waals surface area contributed by atoms with E-state index >= 15 is 0 Å². The fourth-order valence-electron chi connectivity index (χ4n) is 0.656. The second-order valence-electron chi connectivity index (χ2n) is 1.92. The smallest absolute Gasteiger partial charge is 0.357 e. The van der Waals surface area contributed by atoms with Gasteiger partial charge in [-0.2, -0.15) is 4.21 Å². The van der Waals surface area contributed by atoms with Crippen LogP contribution in [0.3, 0.4) is 0 Å². The lowest BCUT2D eigenvalue weighted by Gasteiger charge is -2.00. The van der Waals surface area contributed by atoms with Gasteiger partial charge in [-0.05, 0) is 24.3 Å². The fourth-order valence-corrected chi connectivity index (χ4v) is 1.06. The summed E-state index contributed by atoms with van der Waals surface area (Å²) in [6.45, 7) is 0. The van der Waals surface area contributed by atoms with E-state index in [4.69, 9.17) is 16.3 Å². The Morgan fingerprint density at radius 3 is 2.42 bits per heavy atom. The molecule has 0 bridgehead atoms. The molecule has 0 amide bonds. The molecule has 0 spiro atoms. The molecule has 4 nitrogen and oxygen atoms in total. The summed E-state index contributed by atoms with van der Waals surface area (Å²) in [7, 11) is 0.